The van der Waals surface area contributed by atoms with E-state index in [1.54, 1.807) is 32.4 Å². The molecule has 1 aliphatic rings. The lowest BCUT2D eigenvalue weighted by molar-refractivity contribution is 0.0975. The molecule has 1 heterocycles. The highest BCUT2D eigenvalue weighted by Crippen LogP contribution is 2.22. The molecule has 2 aromatic rings. The first-order valence-corrected chi connectivity index (χ1v) is 10.0. The minimum atomic E-state index is -0.311. The Morgan fingerprint density at radius 3 is 2.43 bits per heavy atom. The van der Waals surface area contributed by atoms with E-state index in [0.29, 0.717) is 29.6 Å². The third-order valence-electron chi connectivity index (χ3n) is 5.09. The fraction of sp³-hybridized carbons (Fsp3) is 0.391. The van der Waals surface area contributed by atoms with Gasteiger partial charge in [-0.2, -0.15) is 0 Å². The van der Waals surface area contributed by atoms with E-state index < -0.39 is 0 Å². The number of carbonyl (C=O) groups excluding carboxylic acids is 1. The van der Waals surface area contributed by atoms with Gasteiger partial charge in [0.25, 0.3) is 5.91 Å². The van der Waals surface area contributed by atoms with Gasteiger partial charge in [-0.3, -0.25) is 10.1 Å². The third-order valence-corrected chi connectivity index (χ3v) is 5.09. The molecule has 1 aliphatic heterocycles. The molecular weight excluding hydrogens is 382 g/mol. The number of aliphatic imine (C=N–C) groups is 1. The molecule has 0 aromatic heterocycles. The third kappa shape index (κ3) is 5.73. The average molecular weight is 412 g/mol. The van der Waals surface area contributed by atoms with Gasteiger partial charge in [0.15, 0.2) is 0 Å². The molecule has 7 heteroatoms. The normalized spacial score (nSPS) is 16.3. The highest BCUT2D eigenvalue weighted by molar-refractivity contribution is 6.10. The van der Waals surface area contributed by atoms with Crippen LogP contribution in [0, 0.1) is 13.8 Å². The van der Waals surface area contributed by atoms with Gasteiger partial charge in [0.1, 0.15) is 11.5 Å². The number of nitrogens with one attached hydrogen (secondary N) is 2. The Balaban J connectivity index is 1.81. The van der Waals surface area contributed by atoms with Gasteiger partial charge < -0.3 is 19.5 Å². The van der Waals surface area contributed by atoms with E-state index in [4.69, 9.17) is 14.2 Å². The standard InChI is InChI=1S/C23H29N3O4/c1-15-7-8-18(10-16(15)2)25-23(24-14-19-6-5-9-30-19)26-22(27)17-11-20(28-3)13-21(12-17)29-4/h7-8,10-13,19H,5-6,9,14H2,1-4H3,(H2,24,25,26,27). The zero-order valence-electron chi connectivity index (χ0n) is 18.0. The summed E-state index contributed by atoms with van der Waals surface area (Å²) in [4.78, 5) is 17.5. The number of hydrogen-bond donors (Lipinski definition) is 2. The van der Waals surface area contributed by atoms with E-state index >= 15 is 0 Å². The van der Waals surface area contributed by atoms with Crippen LogP contribution in [0.3, 0.4) is 0 Å². The number of amides is 1. The zero-order valence-corrected chi connectivity index (χ0v) is 18.0. The van der Waals surface area contributed by atoms with E-state index in [-0.39, 0.29) is 12.0 Å². The second kappa shape index (κ2) is 10.1. The van der Waals surface area contributed by atoms with Crippen molar-refractivity contribution in [3.05, 3.63) is 53.1 Å². The van der Waals surface area contributed by atoms with Crippen molar-refractivity contribution in [2.45, 2.75) is 32.8 Å². The number of aryl methyl sites for hydroxylation is 2. The lowest BCUT2D eigenvalue weighted by Crippen LogP contribution is -2.36. The van der Waals surface area contributed by atoms with Crippen molar-refractivity contribution in [3.63, 3.8) is 0 Å². The minimum absolute atomic E-state index is 0.0790. The topological polar surface area (TPSA) is 81.2 Å². The minimum Gasteiger partial charge on any atom is -0.497 e. The van der Waals surface area contributed by atoms with Crippen LogP contribution in [0.1, 0.15) is 34.3 Å². The molecule has 7 nitrogen and oxygen atoms in total. The Morgan fingerprint density at radius 1 is 1.10 bits per heavy atom. The summed E-state index contributed by atoms with van der Waals surface area (Å²) >= 11 is 0. The summed E-state index contributed by atoms with van der Waals surface area (Å²) in [6, 6.07) is 11.1. The molecule has 1 atom stereocenters. The van der Waals surface area contributed by atoms with Crippen LogP contribution in [0.2, 0.25) is 0 Å². The molecule has 1 unspecified atom stereocenters. The second-order valence-corrected chi connectivity index (χ2v) is 7.30. The van der Waals surface area contributed by atoms with Crippen molar-refractivity contribution in [1.29, 1.82) is 0 Å². The molecule has 160 valence electrons. The van der Waals surface area contributed by atoms with Gasteiger partial charge in [0.05, 0.1) is 26.9 Å². The van der Waals surface area contributed by atoms with E-state index in [9.17, 15) is 4.79 Å². The van der Waals surface area contributed by atoms with Crippen molar-refractivity contribution < 1.29 is 19.0 Å². The second-order valence-electron chi connectivity index (χ2n) is 7.30. The number of ether oxygens (including phenoxy) is 3. The fourth-order valence-electron chi connectivity index (χ4n) is 3.17. The van der Waals surface area contributed by atoms with Crippen LogP contribution in [0.5, 0.6) is 11.5 Å². The van der Waals surface area contributed by atoms with Crippen molar-refractivity contribution in [2.24, 2.45) is 4.99 Å². The van der Waals surface area contributed by atoms with Crippen molar-refractivity contribution in [3.8, 4) is 11.5 Å². The van der Waals surface area contributed by atoms with Crippen LogP contribution in [0.15, 0.2) is 41.4 Å². The number of guanidine groups is 1. The number of rotatable bonds is 6. The van der Waals surface area contributed by atoms with Crippen molar-refractivity contribution >= 4 is 17.6 Å². The molecule has 0 radical (unpaired) electrons. The van der Waals surface area contributed by atoms with Crippen LogP contribution in [0.4, 0.5) is 5.69 Å². The monoisotopic (exact) mass is 411 g/mol. The van der Waals surface area contributed by atoms with Gasteiger partial charge >= 0.3 is 0 Å². The summed E-state index contributed by atoms with van der Waals surface area (Å²) in [5.74, 6) is 1.15. The predicted octanol–water partition coefficient (Wildman–Crippen LogP) is 3.70. The molecule has 30 heavy (non-hydrogen) atoms. The molecule has 0 saturated carbocycles. The number of carbonyl (C=O) groups is 1. The zero-order chi connectivity index (χ0) is 21.5. The smallest absolute Gasteiger partial charge is 0.258 e. The van der Waals surface area contributed by atoms with E-state index in [0.717, 1.165) is 30.7 Å². The Hall–Kier alpha value is -3.06. The van der Waals surface area contributed by atoms with Crippen LogP contribution in [0.25, 0.3) is 0 Å². The van der Waals surface area contributed by atoms with Gasteiger partial charge in [-0.05, 0) is 62.1 Å². The summed E-state index contributed by atoms with van der Waals surface area (Å²) in [7, 11) is 3.10. The maximum atomic E-state index is 12.9. The van der Waals surface area contributed by atoms with Gasteiger partial charge in [-0.25, -0.2) is 4.99 Å². The van der Waals surface area contributed by atoms with Crippen LogP contribution in [-0.2, 0) is 4.74 Å². The number of benzene rings is 2. The lowest BCUT2D eigenvalue weighted by atomic mass is 10.1. The molecule has 2 aromatic carbocycles. The highest BCUT2D eigenvalue weighted by Gasteiger charge is 2.17. The lowest BCUT2D eigenvalue weighted by Gasteiger charge is -2.15. The number of nitrogens with zero attached hydrogens (tertiary/aromatic N) is 1. The van der Waals surface area contributed by atoms with E-state index in [1.807, 2.05) is 25.1 Å². The molecule has 3 rings (SSSR count). The first kappa shape index (κ1) is 21.6. The summed E-state index contributed by atoms with van der Waals surface area (Å²) in [5.41, 5.74) is 3.62. The molecule has 0 bridgehead atoms. The Bertz CT molecular complexity index is 898. The fourth-order valence-corrected chi connectivity index (χ4v) is 3.17. The average Bonchev–Trinajstić information content (AvgIpc) is 3.27. The first-order chi connectivity index (χ1) is 14.5. The number of methoxy groups -OCH3 is 2. The SMILES string of the molecule is COc1cc(OC)cc(C(=O)NC(=NCC2CCCO2)Nc2ccc(C)c(C)c2)c1. The molecular formula is C23H29N3O4. The van der Waals surface area contributed by atoms with Crippen molar-refractivity contribution in [2.75, 3.05) is 32.7 Å². The molecule has 1 saturated heterocycles. The molecule has 0 spiro atoms. The molecule has 1 fully saturated rings. The van der Waals surface area contributed by atoms with Gasteiger partial charge in [-0.15, -0.1) is 0 Å². The van der Waals surface area contributed by atoms with Crippen LogP contribution < -0.4 is 20.1 Å². The Morgan fingerprint density at radius 2 is 1.83 bits per heavy atom. The number of anilines is 1. The predicted molar refractivity (Wildman–Crippen MR) is 118 cm³/mol. The van der Waals surface area contributed by atoms with E-state index in [1.165, 1.54) is 5.56 Å². The van der Waals surface area contributed by atoms with Crippen LogP contribution in [-0.4, -0.2) is 45.3 Å². The van der Waals surface area contributed by atoms with Gasteiger partial charge in [0, 0.05) is 23.9 Å². The van der Waals surface area contributed by atoms with Crippen molar-refractivity contribution in [1.82, 2.24) is 5.32 Å². The molecule has 0 aliphatic carbocycles. The van der Waals surface area contributed by atoms with Gasteiger partial charge in [-0.1, -0.05) is 6.07 Å². The molecule has 2 N–H and O–H groups in total. The largest absolute Gasteiger partial charge is 0.497 e. The maximum absolute atomic E-state index is 12.9. The summed E-state index contributed by atoms with van der Waals surface area (Å²) in [6.45, 7) is 5.35. The van der Waals surface area contributed by atoms with E-state index in [2.05, 4.69) is 22.5 Å². The quantitative estimate of drug-likeness (QED) is 0.560. The summed E-state index contributed by atoms with van der Waals surface area (Å²) < 4.78 is 16.2. The first-order valence-electron chi connectivity index (χ1n) is 10.0. The number of hydrogen-bond acceptors (Lipinski definition) is 5. The maximum Gasteiger partial charge on any atom is 0.258 e. The Kier molecular flexibility index (Phi) is 7.30. The Labute approximate surface area is 177 Å². The highest BCUT2D eigenvalue weighted by atomic mass is 16.5. The molecule has 1 amide bonds. The summed E-state index contributed by atoms with van der Waals surface area (Å²) in [5, 5.41) is 6.10. The summed E-state index contributed by atoms with van der Waals surface area (Å²) in [6.07, 6.45) is 2.09. The van der Waals surface area contributed by atoms with Gasteiger partial charge in [0.2, 0.25) is 5.96 Å². The van der Waals surface area contributed by atoms with Crippen LogP contribution >= 0.6 is 0 Å².